The maximum atomic E-state index is 6.01. The Balaban J connectivity index is 3.02. The van der Waals surface area contributed by atoms with Crippen LogP contribution >= 0.6 is 23.2 Å². The molecule has 0 aliphatic heterocycles. The predicted molar refractivity (Wildman–Crippen MR) is 64.9 cm³/mol. The van der Waals surface area contributed by atoms with Gasteiger partial charge in [-0.25, -0.2) is 0 Å². The largest absolute Gasteiger partial charge is 0.494 e. The number of hydrogen-bond donors (Lipinski definition) is 1. The Hall–Kier alpha value is -0.440. The molecule has 2 N–H and O–H groups in total. The first-order valence-electron chi connectivity index (χ1n) is 4.88. The van der Waals surface area contributed by atoms with Crippen molar-refractivity contribution in [3.05, 3.63) is 27.7 Å². The molecule has 1 unspecified atom stereocenters. The molecule has 84 valence electrons. The summed E-state index contributed by atoms with van der Waals surface area (Å²) in [5, 5.41) is 1.01. The van der Waals surface area contributed by atoms with Crippen LogP contribution in [0.15, 0.2) is 12.1 Å². The number of methoxy groups -OCH3 is 1. The van der Waals surface area contributed by atoms with Crippen LogP contribution in [0.1, 0.15) is 31.4 Å². The van der Waals surface area contributed by atoms with Crippen LogP contribution in [0.4, 0.5) is 0 Å². The summed E-state index contributed by atoms with van der Waals surface area (Å²) in [6, 6.07) is 3.61. The molecular weight excluding hydrogens is 233 g/mol. The molecule has 1 atom stereocenters. The van der Waals surface area contributed by atoms with Gasteiger partial charge in [0.1, 0.15) is 0 Å². The van der Waals surface area contributed by atoms with E-state index in [0.717, 1.165) is 18.4 Å². The van der Waals surface area contributed by atoms with E-state index in [1.54, 1.807) is 7.11 Å². The fraction of sp³-hybridized carbons (Fsp3) is 0.455. The van der Waals surface area contributed by atoms with Gasteiger partial charge in [-0.3, -0.25) is 0 Å². The van der Waals surface area contributed by atoms with Crippen LogP contribution in [0.3, 0.4) is 0 Å². The van der Waals surface area contributed by atoms with Crippen molar-refractivity contribution in [1.82, 2.24) is 0 Å². The van der Waals surface area contributed by atoms with Crippen molar-refractivity contribution in [2.75, 3.05) is 7.11 Å². The quantitative estimate of drug-likeness (QED) is 0.879. The Bertz CT molecular complexity index is 318. The van der Waals surface area contributed by atoms with Crippen molar-refractivity contribution in [1.29, 1.82) is 0 Å². The van der Waals surface area contributed by atoms with Crippen LogP contribution in [-0.4, -0.2) is 7.11 Å². The third-order valence-electron chi connectivity index (χ3n) is 2.25. The van der Waals surface area contributed by atoms with Crippen molar-refractivity contribution in [3.8, 4) is 5.75 Å². The smallest absolute Gasteiger partial charge is 0.156 e. The lowest BCUT2D eigenvalue weighted by atomic mass is 10.0. The molecule has 1 aromatic rings. The van der Waals surface area contributed by atoms with Gasteiger partial charge in [0, 0.05) is 6.04 Å². The van der Waals surface area contributed by atoms with E-state index in [9.17, 15) is 0 Å². The van der Waals surface area contributed by atoms with E-state index in [2.05, 4.69) is 6.92 Å². The normalized spacial score (nSPS) is 12.6. The summed E-state index contributed by atoms with van der Waals surface area (Å²) in [7, 11) is 1.54. The van der Waals surface area contributed by atoms with Gasteiger partial charge in [0.2, 0.25) is 0 Å². The van der Waals surface area contributed by atoms with Gasteiger partial charge in [0.25, 0.3) is 0 Å². The summed E-state index contributed by atoms with van der Waals surface area (Å²) in [4.78, 5) is 0. The summed E-state index contributed by atoms with van der Waals surface area (Å²) in [6.07, 6.45) is 1.95. The maximum Gasteiger partial charge on any atom is 0.156 e. The number of halogens is 2. The number of ether oxygens (including phenoxy) is 1. The first-order valence-corrected chi connectivity index (χ1v) is 5.64. The minimum absolute atomic E-state index is 0.0177. The molecule has 0 saturated heterocycles. The van der Waals surface area contributed by atoms with Gasteiger partial charge in [0.05, 0.1) is 17.2 Å². The fourth-order valence-corrected chi connectivity index (χ4v) is 2.12. The van der Waals surface area contributed by atoms with Crippen LogP contribution in [0.25, 0.3) is 0 Å². The molecule has 0 aromatic heterocycles. The van der Waals surface area contributed by atoms with Crippen LogP contribution < -0.4 is 10.5 Å². The zero-order chi connectivity index (χ0) is 11.4. The molecule has 0 bridgehead atoms. The lowest BCUT2D eigenvalue weighted by Crippen LogP contribution is -2.09. The number of nitrogens with two attached hydrogens (primary N) is 1. The first-order chi connectivity index (χ1) is 7.10. The van der Waals surface area contributed by atoms with Gasteiger partial charge >= 0.3 is 0 Å². The van der Waals surface area contributed by atoms with E-state index in [-0.39, 0.29) is 6.04 Å². The van der Waals surface area contributed by atoms with Crippen LogP contribution in [0.2, 0.25) is 10.0 Å². The van der Waals surface area contributed by atoms with Crippen LogP contribution in [0.5, 0.6) is 5.75 Å². The summed E-state index contributed by atoms with van der Waals surface area (Å²) in [5.41, 5.74) is 6.93. The fourth-order valence-electron chi connectivity index (χ4n) is 1.47. The molecule has 15 heavy (non-hydrogen) atoms. The number of rotatable bonds is 4. The highest BCUT2D eigenvalue weighted by Crippen LogP contribution is 2.35. The van der Waals surface area contributed by atoms with Crippen molar-refractivity contribution in [2.24, 2.45) is 5.73 Å². The Kier molecular flexibility index (Phi) is 4.71. The minimum atomic E-state index is -0.0177. The maximum absolute atomic E-state index is 6.01. The molecule has 0 amide bonds. The lowest BCUT2D eigenvalue weighted by Gasteiger charge is -2.13. The molecule has 1 aromatic carbocycles. The second kappa shape index (κ2) is 5.59. The van der Waals surface area contributed by atoms with Gasteiger partial charge in [-0.1, -0.05) is 36.5 Å². The second-order valence-corrected chi connectivity index (χ2v) is 4.23. The zero-order valence-corrected chi connectivity index (χ0v) is 10.4. The Morgan fingerprint density at radius 3 is 2.27 bits per heavy atom. The van der Waals surface area contributed by atoms with E-state index >= 15 is 0 Å². The second-order valence-electron chi connectivity index (χ2n) is 3.41. The summed E-state index contributed by atoms with van der Waals surface area (Å²) in [6.45, 7) is 2.09. The SMILES string of the molecule is CCCC(N)c1cc(Cl)c(OC)c(Cl)c1. The molecule has 0 radical (unpaired) electrons. The highest BCUT2D eigenvalue weighted by atomic mass is 35.5. The van der Waals surface area contributed by atoms with Crippen molar-refractivity contribution in [2.45, 2.75) is 25.8 Å². The van der Waals surface area contributed by atoms with Crippen LogP contribution in [0, 0.1) is 0 Å². The average Bonchev–Trinajstić information content (AvgIpc) is 2.17. The molecule has 0 fully saturated rings. The van der Waals surface area contributed by atoms with Gasteiger partial charge in [-0.2, -0.15) is 0 Å². The molecule has 0 spiro atoms. The minimum Gasteiger partial charge on any atom is -0.494 e. The van der Waals surface area contributed by atoms with E-state index in [0.29, 0.717) is 15.8 Å². The average molecular weight is 248 g/mol. The van der Waals surface area contributed by atoms with Crippen LogP contribution in [-0.2, 0) is 0 Å². The van der Waals surface area contributed by atoms with Gasteiger partial charge in [0.15, 0.2) is 5.75 Å². The standard InChI is InChI=1S/C11H15Cl2NO/c1-3-4-10(14)7-5-8(12)11(15-2)9(13)6-7/h5-6,10H,3-4,14H2,1-2H3. The molecule has 0 aliphatic rings. The topological polar surface area (TPSA) is 35.2 Å². The first kappa shape index (κ1) is 12.6. The van der Waals surface area contributed by atoms with E-state index in [1.165, 1.54) is 0 Å². The Morgan fingerprint density at radius 2 is 1.87 bits per heavy atom. The number of benzene rings is 1. The van der Waals surface area contributed by atoms with E-state index in [1.807, 2.05) is 12.1 Å². The lowest BCUT2D eigenvalue weighted by molar-refractivity contribution is 0.415. The molecule has 0 heterocycles. The molecule has 2 nitrogen and oxygen atoms in total. The summed E-state index contributed by atoms with van der Waals surface area (Å²) in [5.74, 6) is 0.505. The highest BCUT2D eigenvalue weighted by Gasteiger charge is 2.12. The third-order valence-corrected chi connectivity index (χ3v) is 2.81. The molecule has 4 heteroatoms. The van der Waals surface area contributed by atoms with E-state index < -0.39 is 0 Å². The predicted octanol–water partition coefficient (Wildman–Crippen LogP) is 3.80. The molecule has 0 saturated carbocycles. The van der Waals surface area contributed by atoms with E-state index in [4.69, 9.17) is 33.7 Å². The van der Waals surface area contributed by atoms with Gasteiger partial charge in [-0.15, -0.1) is 0 Å². The molecule has 1 rings (SSSR count). The van der Waals surface area contributed by atoms with Crippen molar-refractivity contribution in [3.63, 3.8) is 0 Å². The van der Waals surface area contributed by atoms with Gasteiger partial charge < -0.3 is 10.5 Å². The van der Waals surface area contributed by atoms with Crippen molar-refractivity contribution >= 4 is 23.2 Å². The highest BCUT2D eigenvalue weighted by molar-refractivity contribution is 6.37. The molecular formula is C11H15Cl2NO. The monoisotopic (exact) mass is 247 g/mol. The summed E-state index contributed by atoms with van der Waals surface area (Å²) < 4.78 is 5.07. The molecule has 0 aliphatic carbocycles. The van der Waals surface area contributed by atoms with Gasteiger partial charge in [-0.05, 0) is 24.1 Å². The third kappa shape index (κ3) is 3.00. The van der Waals surface area contributed by atoms with Crippen molar-refractivity contribution < 1.29 is 4.74 Å². The Labute approximate surface area is 100 Å². The number of hydrogen-bond acceptors (Lipinski definition) is 2. The Morgan fingerprint density at radius 1 is 1.33 bits per heavy atom. The summed E-state index contributed by atoms with van der Waals surface area (Å²) >= 11 is 12.0. The zero-order valence-electron chi connectivity index (χ0n) is 8.89.